The van der Waals surface area contributed by atoms with Crippen LogP contribution in [0.1, 0.15) is 27.7 Å². The minimum atomic E-state index is -3.75. The topological polar surface area (TPSA) is 92.3 Å². The molecule has 6 nitrogen and oxygen atoms in total. The Labute approximate surface area is 192 Å². The van der Waals surface area contributed by atoms with E-state index in [4.69, 9.17) is 0 Å². The standard InChI is InChI=1S/C24H26N2O4S2/c1-18-11-13-20(14-12-18)32(29,30)22(21-10-6-16-31-21)17-26-24(28)23(27)25-15-5-9-19-7-3-2-4-8-19/h2-4,6-8,10-14,16,22H,5,9,15,17H2,1H3,(H,25,27)(H,26,28)/t22-/m1/s1. The summed E-state index contributed by atoms with van der Waals surface area (Å²) >= 11 is 1.30. The van der Waals surface area contributed by atoms with Crippen LogP contribution >= 0.6 is 11.3 Å². The van der Waals surface area contributed by atoms with Gasteiger partial charge in [-0.15, -0.1) is 11.3 Å². The number of rotatable bonds is 9. The Balaban J connectivity index is 1.58. The molecule has 8 heteroatoms. The van der Waals surface area contributed by atoms with Gasteiger partial charge in [0.15, 0.2) is 9.84 Å². The largest absolute Gasteiger partial charge is 0.348 e. The van der Waals surface area contributed by atoms with Gasteiger partial charge in [-0.05, 0) is 48.9 Å². The van der Waals surface area contributed by atoms with Crippen LogP contribution in [0.25, 0.3) is 0 Å². The maximum Gasteiger partial charge on any atom is 0.309 e. The lowest BCUT2D eigenvalue weighted by molar-refractivity contribution is -0.139. The minimum absolute atomic E-state index is 0.182. The summed E-state index contributed by atoms with van der Waals surface area (Å²) in [5.74, 6) is -1.61. The summed E-state index contributed by atoms with van der Waals surface area (Å²) in [5.41, 5.74) is 2.11. The molecule has 0 fully saturated rings. The zero-order chi connectivity index (χ0) is 23.0. The van der Waals surface area contributed by atoms with Gasteiger partial charge in [0, 0.05) is 18.0 Å². The van der Waals surface area contributed by atoms with Crippen LogP contribution in [0.2, 0.25) is 0 Å². The van der Waals surface area contributed by atoms with Gasteiger partial charge in [0.25, 0.3) is 0 Å². The number of hydrogen-bond acceptors (Lipinski definition) is 5. The van der Waals surface area contributed by atoms with Crippen LogP contribution in [-0.2, 0) is 25.8 Å². The first-order valence-corrected chi connectivity index (χ1v) is 12.7. The van der Waals surface area contributed by atoms with Crippen molar-refractivity contribution in [3.63, 3.8) is 0 Å². The first kappa shape index (κ1) is 23.7. The van der Waals surface area contributed by atoms with E-state index >= 15 is 0 Å². The number of carbonyl (C=O) groups is 2. The first-order valence-electron chi connectivity index (χ1n) is 10.3. The highest BCUT2D eigenvalue weighted by Gasteiger charge is 2.31. The molecule has 0 bridgehead atoms. The molecule has 168 valence electrons. The molecule has 0 saturated heterocycles. The summed E-state index contributed by atoms with van der Waals surface area (Å²) in [4.78, 5) is 25.2. The number of amides is 2. The summed E-state index contributed by atoms with van der Waals surface area (Å²) in [7, 11) is -3.75. The highest BCUT2D eigenvalue weighted by atomic mass is 32.2. The van der Waals surface area contributed by atoms with E-state index in [0.717, 1.165) is 17.5 Å². The second kappa shape index (κ2) is 11.1. The van der Waals surface area contributed by atoms with Crippen LogP contribution in [0.4, 0.5) is 0 Å². The molecule has 0 spiro atoms. The number of aryl methyl sites for hydroxylation is 2. The number of hydrogen-bond donors (Lipinski definition) is 2. The molecular weight excluding hydrogens is 444 g/mol. The van der Waals surface area contributed by atoms with Gasteiger partial charge in [-0.1, -0.05) is 54.1 Å². The monoisotopic (exact) mass is 470 g/mol. The second-order valence-electron chi connectivity index (χ2n) is 7.42. The van der Waals surface area contributed by atoms with Gasteiger partial charge in [-0.2, -0.15) is 0 Å². The molecule has 1 atom stereocenters. The van der Waals surface area contributed by atoms with E-state index in [1.54, 1.807) is 41.8 Å². The third-order valence-electron chi connectivity index (χ3n) is 5.01. The lowest BCUT2D eigenvalue weighted by Crippen LogP contribution is -2.42. The predicted molar refractivity (Wildman–Crippen MR) is 126 cm³/mol. The fraction of sp³-hybridized carbons (Fsp3) is 0.250. The SMILES string of the molecule is Cc1ccc(S(=O)(=O)[C@H](CNC(=O)C(=O)NCCCc2ccccc2)c2cccs2)cc1. The van der Waals surface area contributed by atoms with Crippen LogP contribution in [0, 0.1) is 6.92 Å². The van der Waals surface area contributed by atoms with Crippen molar-refractivity contribution in [3.8, 4) is 0 Å². The zero-order valence-corrected chi connectivity index (χ0v) is 19.4. The van der Waals surface area contributed by atoms with Crippen molar-refractivity contribution in [2.75, 3.05) is 13.1 Å². The Morgan fingerprint density at radius 3 is 2.25 bits per heavy atom. The molecule has 3 rings (SSSR count). The molecule has 32 heavy (non-hydrogen) atoms. The van der Waals surface area contributed by atoms with Crippen molar-refractivity contribution >= 4 is 33.0 Å². The van der Waals surface area contributed by atoms with E-state index in [9.17, 15) is 18.0 Å². The fourth-order valence-electron chi connectivity index (χ4n) is 3.21. The number of thiophene rings is 1. The molecule has 3 aromatic rings. The average molecular weight is 471 g/mol. The van der Waals surface area contributed by atoms with Gasteiger partial charge < -0.3 is 10.6 Å². The Kier molecular flexibility index (Phi) is 8.19. The van der Waals surface area contributed by atoms with Crippen LogP contribution < -0.4 is 10.6 Å². The smallest absolute Gasteiger partial charge is 0.309 e. The molecule has 2 amide bonds. The number of carbonyl (C=O) groups excluding carboxylic acids is 2. The van der Waals surface area contributed by atoms with E-state index < -0.39 is 26.9 Å². The van der Waals surface area contributed by atoms with E-state index in [1.807, 2.05) is 37.3 Å². The van der Waals surface area contributed by atoms with E-state index in [1.165, 1.54) is 11.3 Å². The van der Waals surface area contributed by atoms with Gasteiger partial charge in [0.05, 0.1) is 4.90 Å². The Morgan fingerprint density at radius 1 is 0.906 bits per heavy atom. The van der Waals surface area contributed by atoms with E-state index in [-0.39, 0.29) is 11.4 Å². The molecule has 0 saturated carbocycles. The van der Waals surface area contributed by atoms with Crippen molar-refractivity contribution in [2.45, 2.75) is 29.9 Å². The molecule has 0 radical (unpaired) electrons. The van der Waals surface area contributed by atoms with Gasteiger partial charge in [0.1, 0.15) is 5.25 Å². The molecular formula is C24H26N2O4S2. The zero-order valence-electron chi connectivity index (χ0n) is 17.8. The highest BCUT2D eigenvalue weighted by molar-refractivity contribution is 7.91. The Morgan fingerprint density at radius 2 is 1.59 bits per heavy atom. The van der Waals surface area contributed by atoms with Crippen molar-refractivity contribution in [3.05, 3.63) is 88.1 Å². The van der Waals surface area contributed by atoms with Gasteiger partial charge in [-0.3, -0.25) is 9.59 Å². The van der Waals surface area contributed by atoms with Crippen LogP contribution in [0.15, 0.2) is 77.0 Å². The Hall–Kier alpha value is -2.97. The number of sulfone groups is 1. The molecule has 0 unspecified atom stereocenters. The molecule has 0 aliphatic carbocycles. The molecule has 2 N–H and O–H groups in total. The fourth-order valence-corrected chi connectivity index (χ4v) is 6.00. The second-order valence-corrected chi connectivity index (χ2v) is 10.5. The van der Waals surface area contributed by atoms with Crippen LogP contribution in [-0.4, -0.2) is 33.3 Å². The van der Waals surface area contributed by atoms with E-state index in [0.29, 0.717) is 17.8 Å². The highest BCUT2D eigenvalue weighted by Crippen LogP contribution is 2.31. The normalized spacial score (nSPS) is 12.2. The van der Waals surface area contributed by atoms with Gasteiger partial charge >= 0.3 is 11.8 Å². The molecule has 2 aromatic carbocycles. The van der Waals surface area contributed by atoms with Crippen molar-refractivity contribution in [1.82, 2.24) is 10.6 Å². The average Bonchev–Trinajstić information content (AvgIpc) is 3.32. The quantitative estimate of drug-likeness (QED) is 0.370. The minimum Gasteiger partial charge on any atom is -0.348 e. The van der Waals surface area contributed by atoms with Crippen molar-refractivity contribution < 1.29 is 18.0 Å². The number of nitrogens with one attached hydrogen (secondary N) is 2. The van der Waals surface area contributed by atoms with Crippen molar-refractivity contribution in [2.24, 2.45) is 0 Å². The van der Waals surface area contributed by atoms with Crippen LogP contribution in [0.3, 0.4) is 0 Å². The Bertz CT molecular complexity index is 1130. The lowest BCUT2D eigenvalue weighted by Gasteiger charge is -2.17. The summed E-state index contributed by atoms with van der Waals surface area (Å²) in [5, 5.41) is 5.90. The molecule has 1 aromatic heterocycles. The molecule has 1 heterocycles. The van der Waals surface area contributed by atoms with E-state index in [2.05, 4.69) is 10.6 Å². The van der Waals surface area contributed by atoms with Crippen LogP contribution in [0.5, 0.6) is 0 Å². The molecule has 0 aliphatic heterocycles. The first-order chi connectivity index (χ1) is 15.4. The summed E-state index contributed by atoms with van der Waals surface area (Å²) in [6.07, 6.45) is 1.49. The van der Waals surface area contributed by atoms with Crippen molar-refractivity contribution in [1.29, 1.82) is 0 Å². The molecule has 0 aliphatic rings. The third-order valence-corrected chi connectivity index (χ3v) is 8.24. The summed E-state index contributed by atoms with van der Waals surface area (Å²) in [6.45, 7) is 2.05. The summed E-state index contributed by atoms with van der Waals surface area (Å²) < 4.78 is 26.4. The third kappa shape index (κ3) is 6.27. The van der Waals surface area contributed by atoms with Gasteiger partial charge in [-0.25, -0.2) is 8.42 Å². The lowest BCUT2D eigenvalue weighted by atomic mass is 10.1. The summed E-state index contributed by atoms with van der Waals surface area (Å²) in [6, 6.07) is 19.9. The number of benzene rings is 2. The maximum atomic E-state index is 13.2. The van der Waals surface area contributed by atoms with Gasteiger partial charge in [0.2, 0.25) is 0 Å². The maximum absolute atomic E-state index is 13.2. The predicted octanol–water partition coefficient (Wildman–Crippen LogP) is 3.44.